The molecule has 0 heterocycles. The summed E-state index contributed by atoms with van der Waals surface area (Å²) in [5.74, 6) is -2.75. The van der Waals surface area contributed by atoms with Crippen molar-refractivity contribution >= 4 is 19.8 Å². The molecule has 0 bridgehead atoms. The van der Waals surface area contributed by atoms with Crippen LogP contribution < -0.4 is 69.1 Å². The summed E-state index contributed by atoms with van der Waals surface area (Å²) in [5, 5.41) is 18.9. The molecule has 0 amide bonds. The number of rotatable bonds is 2. The van der Waals surface area contributed by atoms with Gasteiger partial charge in [-0.15, -0.1) is 0 Å². The number of hydrogen-bond acceptors (Lipinski definition) is 5. The first-order valence-electron chi connectivity index (χ1n) is 3.93. The van der Waals surface area contributed by atoms with Gasteiger partial charge in [0.2, 0.25) is 0 Å². The number of carbonyl (C=O) groups is 2. The Kier molecular flexibility index (Phi) is 14.1. The van der Waals surface area contributed by atoms with Gasteiger partial charge in [0.1, 0.15) is 0 Å². The van der Waals surface area contributed by atoms with E-state index in [0.29, 0.717) is 0 Å². The predicted octanol–water partition coefficient (Wildman–Crippen LogP) is -7.80. The maximum absolute atomic E-state index is 10.4. The third-order valence-corrected chi connectivity index (χ3v) is 1.38. The van der Waals surface area contributed by atoms with Gasteiger partial charge in [0, 0.05) is 5.56 Å². The molecular formula is C8H7Na2O8P. The third kappa shape index (κ3) is 13.0. The molecule has 0 fully saturated rings. The minimum Gasteiger partial charge on any atom is -0.756 e. The molecule has 0 radical (unpaired) electrons. The Labute approximate surface area is 152 Å². The van der Waals surface area contributed by atoms with Crippen molar-refractivity contribution in [3.05, 3.63) is 35.4 Å². The van der Waals surface area contributed by atoms with Crippen molar-refractivity contribution in [2.75, 3.05) is 0 Å². The van der Waals surface area contributed by atoms with Gasteiger partial charge in [-0.1, -0.05) is 18.2 Å². The number of benzene rings is 1. The molecule has 0 aliphatic rings. The summed E-state index contributed by atoms with van der Waals surface area (Å²) in [6, 6.07) is 5.31. The number of phosphoric acid groups is 1. The van der Waals surface area contributed by atoms with Gasteiger partial charge in [-0.2, -0.15) is 0 Å². The van der Waals surface area contributed by atoms with E-state index in [1.54, 1.807) is 0 Å². The number of carboxylic acids is 2. The molecule has 11 heteroatoms. The topological polar surface area (TPSA) is 158 Å². The summed E-state index contributed by atoms with van der Waals surface area (Å²) < 4.78 is 8.77. The molecule has 1 rings (SSSR count). The number of carboxylic acid groups (broad SMARTS) is 2. The van der Waals surface area contributed by atoms with E-state index in [1.165, 1.54) is 24.3 Å². The molecule has 1 aromatic carbocycles. The van der Waals surface area contributed by atoms with E-state index in [9.17, 15) is 14.7 Å². The molecule has 0 unspecified atom stereocenters. The zero-order valence-corrected chi connectivity index (χ0v) is 15.0. The van der Waals surface area contributed by atoms with Gasteiger partial charge in [-0.05, 0) is 6.07 Å². The van der Waals surface area contributed by atoms with Crippen LogP contribution in [0.15, 0.2) is 24.3 Å². The zero-order valence-electron chi connectivity index (χ0n) is 10.1. The SMILES string of the molecule is O=C([O-])c1ccccc1C(=O)O.O=P([O-])(O)O.[Na+].[Na+]. The van der Waals surface area contributed by atoms with Crippen LogP contribution in [0, 0.1) is 0 Å². The summed E-state index contributed by atoms with van der Waals surface area (Å²) in [5.41, 5.74) is -0.553. The van der Waals surface area contributed by atoms with E-state index in [1.807, 2.05) is 0 Å². The van der Waals surface area contributed by atoms with Gasteiger partial charge >= 0.3 is 65.1 Å². The minimum absolute atomic E-state index is 0. The maximum atomic E-state index is 10.4. The molecule has 94 valence electrons. The molecule has 0 spiro atoms. The fourth-order valence-corrected chi connectivity index (χ4v) is 0.848. The largest absolute Gasteiger partial charge is 1.00 e. The van der Waals surface area contributed by atoms with Crippen molar-refractivity contribution in [1.29, 1.82) is 0 Å². The van der Waals surface area contributed by atoms with Crippen molar-refractivity contribution < 1.29 is 98.2 Å². The van der Waals surface area contributed by atoms with E-state index < -0.39 is 19.8 Å². The van der Waals surface area contributed by atoms with Gasteiger partial charge in [0.05, 0.1) is 11.5 Å². The van der Waals surface area contributed by atoms with E-state index in [4.69, 9.17) is 24.4 Å². The van der Waals surface area contributed by atoms with E-state index in [-0.39, 0.29) is 70.2 Å². The summed E-state index contributed by atoms with van der Waals surface area (Å²) in [6.45, 7) is 0. The molecule has 1 aromatic rings. The molecule has 0 aliphatic heterocycles. The van der Waals surface area contributed by atoms with Gasteiger partial charge < -0.3 is 29.7 Å². The summed E-state index contributed by atoms with van der Waals surface area (Å²) >= 11 is 0. The first-order chi connectivity index (χ1) is 7.63. The minimum atomic E-state index is -4.89. The summed E-state index contributed by atoms with van der Waals surface area (Å²) in [6.07, 6.45) is 0. The van der Waals surface area contributed by atoms with E-state index >= 15 is 0 Å². The fourth-order valence-electron chi connectivity index (χ4n) is 0.848. The van der Waals surface area contributed by atoms with Gasteiger partial charge in [0.15, 0.2) is 0 Å². The van der Waals surface area contributed by atoms with Crippen LogP contribution in [-0.4, -0.2) is 26.8 Å². The van der Waals surface area contributed by atoms with Crippen LogP contribution in [0.5, 0.6) is 0 Å². The zero-order chi connectivity index (χ0) is 13.6. The monoisotopic (exact) mass is 308 g/mol. The smallest absolute Gasteiger partial charge is 0.756 e. The van der Waals surface area contributed by atoms with Crippen molar-refractivity contribution in [1.82, 2.24) is 0 Å². The van der Waals surface area contributed by atoms with Crippen LogP contribution in [0.25, 0.3) is 0 Å². The summed E-state index contributed by atoms with van der Waals surface area (Å²) in [7, 11) is -4.89. The first kappa shape index (κ1) is 24.3. The Morgan fingerprint density at radius 1 is 1.05 bits per heavy atom. The standard InChI is InChI=1S/C8H6O4.2Na.H3O4P/c9-7(10)5-3-1-2-4-6(5)8(11)12;;;1-5(2,3)4/h1-4H,(H,9,10)(H,11,12);;;(H3,1,2,3,4)/q;2*+1;/p-2. The maximum Gasteiger partial charge on any atom is 1.00 e. The molecule has 19 heavy (non-hydrogen) atoms. The second-order valence-electron chi connectivity index (χ2n) is 2.63. The summed E-state index contributed by atoms with van der Waals surface area (Å²) in [4.78, 5) is 43.7. The van der Waals surface area contributed by atoms with Crippen LogP contribution in [0.2, 0.25) is 0 Å². The molecule has 0 saturated heterocycles. The van der Waals surface area contributed by atoms with Crippen molar-refractivity contribution in [2.45, 2.75) is 0 Å². The number of hydrogen-bond donors (Lipinski definition) is 3. The molecule has 0 saturated carbocycles. The molecule has 0 aromatic heterocycles. The third-order valence-electron chi connectivity index (χ3n) is 1.38. The van der Waals surface area contributed by atoms with Crippen LogP contribution in [0.3, 0.4) is 0 Å². The molecule has 0 atom stereocenters. The van der Waals surface area contributed by atoms with E-state index in [2.05, 4.69) is 0 Å². The average molecular weight is 308 g/mol. The average Bonchev–Trinajstić information content (AvgIpc) is 2.15. The molecule has 3 N–H and O–H groups in total. The Morgan fingerprint density at radius 2 is 1.37 bits per heavy atom. The predicted molar refractivity (Wildman–Crippen MR) is 49.8 cm³/mol. The quantitative estimate of drug-likeness (QED) is 0.359. The fraction of sp³-hybridized carbons (Fsp3) is 0. The van der Waals surface area contributed by atoms with Gasteiger partial charge in [-0.25, -0.2) is 4.79 Å². The van der Waals surface area contributed by atoms with Crippen LogP contribution in [0.1, 0.15) is 20.7 Å². The van der Waals surface area contributed by atoms with Crippen molar-refractivity contribution in [3.8, 4) is 0 Å². The Bertz CT molecular complexity index is 430. The normalized spacial score (nSPS) is 9.00. The Morgan fingerprint density at radius 3 is 1.58 bits per heavy atom. The van der Waals surface area contributed by atoms with Crippen LogP contribution in [-0.2, 0) is 4.57 Å². The molecule has 8 nitrogen and oxygen atoms in total. The Hall–Kier alpha value is 0.270. The first-order valence-corrected chi connectivity index (χ1v) is 5.46. The van der Waals surface area contributed by atoms with Crippen LogP contribution >= 0.6 is 7.82 Å². The number of carbonyl (C=O) groups excluding carboxylic acids is 1. The second-order valence-corrected chi connectivity index (χ2v) is 3.61. The van der Waals surface area contributed by atoms with Crippen molar-refractivity contribution in [3.63, 3.8) is 0 Å². The number of aromatic carboxylic acids is 2. The van der Waals surface area contributed by atoms with Gasteiger partial charge in [0.25, 0.3) is 7.82 Å². The van der Waals surface area contributed by atoms with Crippen molar-refractivity contribution in [2.24, 2.45) is 0 Å². The van der Waals surface area contributed by atoms with Gasteiger partial charge in [-0.3, -0.25) is 4.57 Å². The molecular weight excluding hydrogens is 301 g/mol. The van der Waals surface area contributed by atoms with Crippen LogP contribution in [0.4, 0.5) is 0 Å². The molecule has 0 aliphatic carbocycles. The second kappa shape index (κ2) is 11.0. The van der Waals surface area contributed by atoms with E-state index in [0.717, 1.165) is 0 Å². The Balaban J connectivity index is -0.000000320.